The van der Waals surface area contributed by atoms with Crippen LogP contribution in [0.1, 0.15) is 53.4 Å². The van der Waals surface area contributed by atoms with Crippen molar-refractivity contribution in [1.29, 1.82) is 0 Å². The van der Waals surface area contributed by atoms with Crippen molar-refractivity contribution in [2.75, 3.05) is 19.8 Å². The van der Waals surface area contributed by atoms with Crippen LogP contribution in [0, 0.1) is 11.8 Å². The van der Waals surface area contributed by atoms with Gasteiger partial charge in [-0.05, 0) is 50.0 Å². The van der Waals surface area contributed by atoms with E-state index < -0.39 is 0 Å². The van der Waals surface area contributed by atoms with Crippen molar-refractivity contribution >= 4 is 17.2 Å². The maximum absolute atomic E-state index is 13.1. The van der Waals surface area contributed by atoms with E-state index >= 15 is 0 Å². The van der Waals surface area contributed by atoms with Crippen molar-refractivity contribution in [3.05, 3.63) is 21.4 Å². The van der Waals surface area contributed by atoms with Gasteiger partial charge in [-0.3, -0.25) is 4.79 Å². The molecule has 2 fully saturated rings. The highest BCUT2D eigenvalue weighted by molar-refractivity contribution is 7.10. The zero-order chi connectivity index (χ0) is 15.1. The second-order valence-electron chi connectivity index (χ2n) is 7.32. The van der Waals surface area contributed by atoms with Crippen molar-refractivity contribution < 1.29 is 9.53 Å². The molecule has 0 bridgehead atoms. The first kappa shape index (κ1) is 14.7. The fourth-order valence-corrected chi connectivity index (χ4v) is 5.04. The molecular weight excluding hydrogens is 294 g/mol. The predicted octanol–water partition coefficient (Wildman–Crippen LogP) is 3.51. The molecule has 3 aliphatic rings. The van der Waals surface area contributed by atoms with E-state index in [1.807, 2.05) is 0 Å². The summed E-state index contributed by atoms with van der Waals surface area (Å²) in [5.41, 5.74) is 2.37. The number of amides is 1. The van der Waals surface area contributed by atoms with Crippen LogP contribution in [0.2, 0.25) is 0 Å². The van der Waals surface area contributed by atoms with Gasteiger partial charge in [0.2, 0.25) is 0 Å². The molecule has 1 aromatic heterocycles. The minimum absolute atomic E-state index is 0.293. The largest absolute Gasteiger partial charge is 0.381 e. The normalized spacial score (nSPS) is 27.7. The maximum Gasteiger partial charge on any atom is 0.255 e. The molecule has 2 aliphatic carbocycles. The molecule has 1 aromatic rings. The predicted molar refractivity (Wildman–Crippen MR) is 88.5 cm³/mol. The van der Waals surface area contributed by atoms with E-state index in [1.54, 1.807) is 11.3 Å². The number of rotatable bonds is 4. The maximum atomic E-state index is 13.1. The van der Waals surface area contributed by atoms with Crippen molar-refractivity contribution in [2.24, 2.45) is 11.8 Å². The smallest absolute Gasteiger partial charge is 0.255 e. The van der Waals surface area contributed by atoms with Crippen LogP contribution in [0.25, 0.3) is 0 Å². The monoisotopic (exact) mass is 319 g/mol. The third kappa shape index (κ3) is 2.83. The fraction of sp³-hybridized carbons (Fsp3) is 0.722. The molecule has 2 unspecified atom stereocenters. The first-order valence-electron chi connectivity index (χ1n) is 8.70. The van der Waals surface area contributed by atoms with E-state index in [1.165, 1.54) is 29.7 Å². The van der Waals surface area contributed by atoms with Gasteiger partial charge in [0.1, 0.15) is 0 Å². The fourth-order valence-electron chi connectivity index (χ4n) is 3.80. The Balaban J connectivity index is 1.54. The first-order chi connectivity index (χ1) is 10.7. The Kier molecular flexibility index (Phi) is 3.99. The van der Waals surface area contributed by atoms with Crippen LogP contribution < -0.4 is 0 Å². The highest BCUT2D eigenvalue weighted by Gasteiger charge is 2.36. The summed E-state index contributed by atoms with van der Waals surface area (Å²) >= 11 is 1.80. The second kappa shape index (κ2) is 5.97. The molecule has 1 aliphatic heterocycles. The van der Waals surface area contributed by atoms with Crippen LogP contribution in [0.4, 0.5) is 0 Å². The van der Waals surface area contributed by atoms with Gasteiger partial charge in [-0.1, -0.05) is 6.92 Å². The Morgan fingerprint density at radius 3 is 2.95 bits per heavy atom. The number of ether oxygens (including phenoxy) is 1. The van der Waals surface area contributed by atoms with Crippen LogP contribution in [-0.4, -0.2) is 36.6 Å². The number of carbonyl (C=O) groups is 1. The Morgan fingerprint density at radius 1 is 1.36 bits per heavy atom. The highest BCUT2D eigenvalue weighted by Crippen LogP contribution is 2.36. The molecule has 0 radical (unpaired) electrons. The third-order valence-electron chi connectivity index (χ3n) is 5.36. The quantitative estimate of drug-likeness (QED) is 0.850. The number of carbonyl (C=O) groups excluding carboxylic acids is 1. The van der Waals surface area contributed by atoms with E-state index in [9.17, 15) is 4.79 Å². The van der Waals surface area contributed by atoms with Crippen LogP contribution in [-0.2, 0) is 17.6 Å². The minimum atomic E-state index is 0.293. The van der Waals surface area contributed by atoms with Gasteiger partial charge in [0, 0.05) is 35.4 Å². The highest BCUT2D eigenvalue weighted by atomic mass is 32.1. The molecule has 0 aromatic carbocycles. The van der Waals surface area contributed by atoms with E-state index in [2.05, 4.69) is 17.2 Å². The van der Waals surface area contributed by atoms with Crippen LogP contribution in [0.15, 0.2) is 5.38 Å². The number of nitrogens with zero attached hydrogens (tertiary/aromatic N) is 1. The van der Waals surface area contributed by atoms with Gasteiger partial charge in [-0.2, -0.15) is 0 Å². The molecule has 4 heteroatoms. The van der Waals surface area contributed by atoms with E-state index in [-0.39, 0.29) is 0 Å². The van der Waals surface area contributed by atoms with Gasteiger partial charge < -0.3 is 9.64 Å². The summed E-state index contributed by atoms with van der Waals surface area (Å²) in [7, 11) is 0. The van der Waals surface area contributed by atoms with Crippen LogP contribution in [0.5, 0.6) is 0 Å². The molecule has 22 heavy (non-hydrogen) atoms. The molecule has 0 spiro atoms. The summed E-state index contributed by atoms with van der Waals surface area (Å²) in [4.78, 5) is 16.7. The lowest BCUT2D eigenvalue weighted by atomic mass is 9.88. The molecule has 3 nitrogen and oxygen atoms in total. The molecule has 1 saturated carbocycles. The summed E-state index contributed by atoms with van der Waals surface area (Å²) in [6, 6.07) is 0.492. The lowest BCUT2D eigenvalue weighted by molar-refractivity contribution is 0.0705. The van der Waals surface area contributed by atoms with Crippen LogP contribution in [0.3, 0.4) is 0 Å². The lowest BCUT2D eigenvalue weighted by Gasteiger charge is -2.26. The molecular formula is C18H25NO2S. The first-order valence-corrected chi connectivity index (χ1v) is 9.58. The van der Waals surface area contributed by atoms with Gasteiger partial charge >= 0.3 is 0 Å². The van der Waals surface area contributed by atoms with Crippen molar-refractivity contribution in [1.82, 2.24) is 4.90 Å². The van der Waals surface area contributed by atoms with Crippen molar-refractivity contribution in [3.63, 3.8) is 0 Å². The standard InChI is InChI=1S/C18H25NO2S/c1-12-2-5-15-16(11-22-17(15)8-12)18(20)19(14-3-4-14)9-13-6-7-21-10-13/h11-14H,2-10H2,1H3. The topological polar surface area (TPSA) is 29.5 Å². The Morgan fingerprint density at radius 2 is 2.23 bits per heavy atom. The van der Waals surface area contributed by atoms with Gasteiger partial charge in [-0.25, -0.2) is 0 Å². The van der Waals surface area contributed by atoms with Crippen LogP contribution >= 0.6 is 11.3 Å². The Bertz CT molecular complexity index is 557. The van der Waals surface area contributed by atoms with Gasteiger partial charge in [0.15, 0.2) is 0 Å². The molecule has 120 valence electrons. The average molecular weight is 319 g/mol. The summed E-state index contributed by atoms with van der Waals surface area (Å²) in [6.07, 6.45) is 6.95. The van der Waals surface area contributed by atoms with Crippen molar-refractivity contribution in [3.8, 4) is 0 Å². The Labute approximate surface area is 136 Å². The molecule has 1 amide bonds. The third-order valence-corrected chi connectivity index (χ3v) is 6.41. The number of thiophene rings is 1. The van der Waals surface area contributed by atoms with Gasteiger partial charge in [-0.15, -0.1) is 11.3 Å². The van der Waals surface area contributed by atoms with E-state index in [0.717, 1.165) is 50.5 Å². The summed E-state index contributed by atoms with van der Waals surface area (Å²) in [5.74, 6) is 1.60. The average Bonchev–Trinajstić information content (AvgIpc) is 3.06. The minimum Gasteiger partial charge on any atom is -0.381 e. The number of fused-ring (bicyclic) bond motifs is 1. The summed E-state index contributed by atoms with van der Waals surface area (Å²) < 4.78 is 5.50. The van der Waals surface area contributed by atoms with Gasteiger partial charge in [0.25, 0.3) is 5.91 Å². The molecule has 4 rings (SSSR count). The number of hydrogen-bond donors (Lipinski definition) is 0. The van der Waals surface area contributed by atoms with Gasteiger partial charge in [0.05, 0.1) is 12.2 Å². The second-order valence-corrected chi connectivity index (χ2v) is 8.28. The van der Waals surface area contributed by atoms with E-state index in [4.69, 9.17) is 4.74 Å². The van der Waals surface area contributed by atoms with Crippen molar-refractivity contribution in [2.45, 2.75) is 51.5 Å². The number of hydrogen-bond acceptors (Lipinski definition) is 3. The zero-order valence-electron chi connectivity index (χ0n) is 13.3. The zero-order valence-corrected chi connectivity index (χ0v) is 14.2. The summed E-state index contributed by atoms with van der Waals surface area (Å²) in [5, 5.41) is 2.13. The molecule has 0 N–H and O–H groups in total. The SMILES string of the molecule is CC1CCc2c(C(=O)N(CC3CCOC3)C3CC3)csc2C1. The Hall–Kier alpha value is -0.870. The molecule has 2 atom stereocenters. The lowest BCUT2D eigenvalue weighted by Crippen LogP contribution is -2.37. The summed E-state index contributed by atoms with van der Waals surface area (Å²) in [6.45, 7) is 4.91. The van der Waals surface area contributed by atoms with E-state index in [0.29, 0.717) is 17.9 Å². The molecule has 2 heterocycles. The molecule has 1 saturated heterocycles.